The topological polar surface area (TPSA) is 67.4 Å². The number of aromatic nitrogens is 2. The summed E-state index contributed by atoms with van der Waals surface area (Å²) in [5.41, 5.74) is 0.729. The molecule has 1 aliphatic carbocycles. The van der Waals surface area contributed by atoms with Crippen LogP contribution in [0.3, 0.4) is 0 Å². The zero-order valence-corrected chi connectivity index (χ0v) is 14.6. The first kappa shape index (κ1) is 15.9. The van der Waals surface area contributed by atoms with Crippen molar-refractivity contribution in [1.29, 1.82) is 0 Å². The lowest BCUT2D eigenvalue weighted by Gasteiger charge is -2.47. The molecule has 2 aliphatic heterocycles. The predicted molar refractivity (Wildman–Crippen MR) is 92.4 cm³/mol. The quantitative estimate of drug-likeness (QED) is 0.626. The third kappa shape index (κ3) is 2.59. The standard InChI is InChI=1S/C17H27N5O2/c1-3-21-17(16(22(23)24)12(2)18-21)19-10-8-15-13(11-19)5-4-9-20(15)14-6-7-14/h13-15H,3-11H2,1-2H3/t13-,15-/m0/s1. The van der Waals surface area contributed by atoms with Gasteiger partial charge in [-0.2, -0.15) is 5.10 Å². The van der Waals surface area contributed by atoms with Gasteiger partial charge in [-0.05, 0) is 58.4 Å². The average Bonchev–Trinajstić information content (AvgIpc) is 3.36. The molecule has 3 aliphatic rings. The second-order valence-electron chi connectivity index (χ2n) is 7.50. The normalized spacial score (nSPS) is 28.0. The maximum atomic E-state index is 11.6. The first-order chi connectivity index (χ1) is 11.6. The molecule has 0 radical (unpaired) electrons. The molecule has 0 bridgehead atoms. The summed E-state index contributed by atoms with van der Waals surface area (Å²) in [5.74, 6) is 1.36. The van der Waals surface area contributed by atoms with E-state index in [1.54, 1.807) is 6.92 Å². The van der Waals surface area contributed by atoms with E-state index >= 15 is 0 Å². The van der Waals surface area contributed by atoms with Crippen LogP contribution in [-0.4, -0.2) is 51.3 Å². The molecule has 2 atom stereocenters. The molecule has 1 aromatic heterocycles. The largest absolute Gasteiger partial charge is 0.351 e. The van der Waals surface area contributed by atoms with Gasteiger partial charge in [0.25, 0.3) is 0 Å². The zero-order valence-electron chi connectivity index (χ0n) is 14.6. The van der Waals surface area contributed by atoms with Crippen LogP contribution in [-0.2, 0) is 6.54 Å². The summed E-state index contributed by atoms with van der Waals surface area (Å²) in [6.07, 6.45) is 6.35. The van der Waals surface area contributed by atoms with Crippen molar-refractivity contribution < 1.29 is 4.92 Å². The Morgan fingerprint density at radius 2 is 2.04 bits per heavy atom. The molecule has 3 heterocycles. The van der Waals surface area contributed by atoms with E-state index in [0.29, 0.717) is 24.2 Å². The molecular weight excluding hydrogens is 306 g/mol. The summed E-state index contributed by atoms with van der Waals surface area (Å²) in [6, 6.07) is 1.50. The van der Waals surface area contributed by atoms with Crippen molar-refractivity contribution in [3.05, 3.63) is 15.8 Å². The van der Waals surface area contributed by atoms with Crippen LogP contribution >= 0.6 is 0 Å². The van der Waals surface area contributed by atoms with Crippen molar-refractivity contribution in [2.45, 2.75) is 64.6 Å². The third-order valence-corrected chi connectivity index (χ3v) is 5.98. The Labute approximate surface area is 142 Å². The number of nitrogens with zero attached hydrogens (tertiary/aromatic N) is 5. The Morgan fingerprint density at radius 3 is 2.71 bits per heavy atom. The van der Waals surface area contributed by atoms with E-state index in [0.717, 1.165) is 31.4 Å². The Hall–Kier alpha value is -1.63. The van der Waals surface area contributed by atoms with E-state index in [1.807, 2.05) is 11.6 Å². The maximum absolute atomic E-state index is 11.6. The number of anilines is 1. The summed E-state index contributed by atoms with van der Waals surface area (Å²) in [7, 11) is 0. The van der Waals surface area contributed by atoms with E-state index < -0.39 is 0 Å². The molecule has 1 saturated carbocycles. The minimum absolute atomic E-state index is 0.199. The van der Waals surface area contributed by atoms with E-state index in [2.05, 4.69) is 14.9 Å². The van der Waals surface area contributed by atoms with Gasteiger partial charge in [0.2, 0.25) is 5.82 Å². The fourth-order valence-electron chi connectivity index (χ4n) is 4.80. The lowest BCUT2D eigenvalue weighted by atomic mass is 9.83. The number of nitro groups is 1. The van der Waals surface area contributed by atoms with Gasteiger partial charge >= 0.3 is 5.69 Å². The lowest BCUT2D eigenvalue weighted by molar-refractivity contribution is -0.384. The van der Waals surface area contributed by atoms with Crippen LogP contribution in [0.15, 0.2) is 0 Å². The highest BCUT2D eigenvalue weighted by atomic mass is 16.6. The Kier molecular flexibility index (Phi) is 3.98. The van der Waals surface area contributed by atoms with E-state index in [9.17, 15) is 10.1 Å². The van der Waals surface area contributed by atoms with Gasteiger partial charge in [0.05, 0.1) is 4.92 Å². The first-order valence-electron chi connectivity index (χ1n) is 9.32. The number of hydrogen-bond acceptors (Lipinski definition) is 5. The molecule has 7 nitrogen and oxygen atoms in total. The molecule has 1 aromatic rings. The van der Waals surface area contributed by atoms with Gasteiger partial charge in [-0.1, -0.05) is 0 Å². The lowest BCUT2D eigenvalue weighted by Crippen LogP contribution is -2.55. The first-order valence-corrected chi connectivity index (χ1v) is 9.32. The molecule has 2 saturated heterocycles. The molecule has 3 fully saturated rings. The fourth-order valence-corrected chi connectivity index (χ4v) is 4.80. The Balaban J connectivity index is 1.59. The van der Waals surface area contributed by atoms with Crippen LogP contribution < -0.4 is 4.90 Å². The van der Waals surface area contributed by atoms with Gasteiger partial charge in [0.1, 0.15) is 5.69 Å². The average molecular weight is 333 g/mol. The molecule has 0 unspecified atom stereocenters. The molecule has 7 heteroatoms. The summed E-state index contributed by atoms with van der Waals surface area (Å²) >= 11 is 0. The van der Waals surface area contributed by atoms with Gasteiger partial charge in [-0.3, -0.25) is 15.0 Å². The molecule has 0 amide bonds. The molecule has 0 N–H and O–H groups in total. The summed E-state index contributed by atoms with van der Waals surface area (Å²) < 4.78 is 1.81. The van der Waals surface area contributed by atoms with Gasteiger partial charge in [-0.25, -0.2) is 4.68 Å². The Bertz CT molecular complexity index is 639. The van der Waals surface area contributed by atoms with Crippen molar-refractivity contribution in [3.63, 3.8) is 0 Å². The predicted octanol–water partition coefficient (Wildman–Crippen LogP) is 2.57. The van der Waals surface area contributed by atoms with E-state index in [4.69, 9.17) is 0 Å². The molecule has 0 aromatic carbocycles. The number of fused-ring (bicyclic) bond motifs is 1. The van der Waals surface area contributed by atoms with Crippen molar-refractivity contribution in [3.8, 4) is 0 Å². The summed E-state index contributed by atoms with van der Waals surface area (Å²) in [6.45, 7) is 7.49. The number of rotatable bonds is 4. The minimum atomic E-state index is -0.257. The van der Waals surface area contributed by atoms with Gasteiger partial charge in [0, 0.05) is 31.7 Å². The van der Waals surface area contributed by atoms with Crippen LogP contribution in [0.4, 0.5) is 11.5 Å². The van der Waals surface area contributed by atoms with Gasteiger partial charge in [-0.15, -0.1) is 0 Å². The summed E-state index contributed by atoms with van der Waals surface area (Å²) in [5, 5.41) is 16.0. The van der Waals surface area contributed by atoms with Crippen LogP contribution in [0.25, 0.3) is 0 Å². The van der Waals surface area contributed by atoms with Crippen LogP contribution in [0.1, 0.15) is 44.7 Å². The SMILES string of the molecule is CCn1nc(C)c([N+](=O)[O-])c1N1CC[C@H]2[C@@H](CCCN2C2CC2)C1. The number of likely N-dealkylation sites (tertiary alicyclic amines) is 1. The van der Waals surface area contributed by atoms with Crippen LogP contribution in [0, 0.1) is 23.0 Å². The van der Waals surface area contributed by atoms with Crippen molar-refractivity contribution in [1.82, 2.24) is 14.7 Å². The monoisotopic (exact) mass is 333 g/mol. The summed E-state index contributed by atoms with van der Waals surface area (Å²) in [4.78, 5) is 16.3. The Morgan fingerprint density at radius 1 is 1.25 bits per heavy atom. The highest BCUT2D eigenvalue weighted by Crippen LogP contribution is 2.41. The van der Waals surface area contributed by atoms with Crippen molar-refractivity contribution in [2.24, 2.45) is 5.92 Å². The van der Waals surface area contributed by atoms with Crippen LogP contribution in [0.2, 0.25) is 0 Å². The van der Waals surface area contributed by atoms with Gasteiger partial charge < -0.3 is 4.90 Å². The van der Waals surface area contributed by atoms with Crippen LogP contribution in [0.5, 0.6) is 0 Å². The molecular formula is C17H27N5O2. The molecule has 132 valence electrons. The van der Waals surface area contributed by atoms with E-state index in [-0.39, 0.29) is 10.6 Å². The fraction of sp³-hybridized carbons (Fsp3) is 0.824. The van der Waals surface area contributed by atoms with Gasteiger partial charge in [0.15, 0.2) is 0 Å². The number of aryl methyl sites for hydroxylation is 2. The zero-order chi connectivity index (χ0) is 16.8. The maximum Gasteiger partial charge on any atom is 0.333 e. The molecule has 0 spiro atoms. The number of piperidine rings is 2. The second kappa shape index (κ2) is 6.02. The highest BCUT2D eigenvalue weighted by molar-refractivity contribution is 5.61. The minimum Gasteiger partial charge on any atom is -0.351 e. The smallest absolute Gasteiger partial charge is 0.333 e. The van der Waals surface area contributed by atoms with E-state index in [1.165, 1.54) is 32.2 Å². The van der Waals surface area contributed by atoms with Crippen molar-refractivity contribution in [2.75, 3.05) is 24.5 Å². The highest BCUT2D eigenvalue weighted by Gasteiger charge is 2.43. The van der Waals surface area contributed by atoms with Crippen molar-refractivity contribution >= 4 is 11.5 Å². The second-order valence-corrected chi connectivity index (χ2v) is 7.50. The number of hydrogen-bond donors (Lipinski definition) is 0. The third-order valence-electron chi connectivity index (χ3n) is 5.98. The molecule has 4 rings (SSSR count). The molecule has 24 heavy (non-hydrogen) atoms.